The Morgan fingerprint density at radius 3 is 2.52 bits per heavy atom. The first-order chi connectivity index (χ1) is 14.9. The molecule has 2 fully saturated rings. The Bertz CT molecular complexity index is 717. The van der Waals surface area contributed by atoms with Gasteiger partial charge in [-0.1, -0.05) is 25.3 Å². The first-order valence-electron chi connectivity index (χ1n) is 11.6. The van der Waals surface area contributed by atoms with E-state index in [2.05, 4.69) is 15.1 Å². The van der Waals surface area contributed by atoms with Crippen LogP contribution in [0.3, 0.4) is 0 Å². The van der Waals surface area contributed by atoms with Gasteiger partial charge in [0.15, 0.2) is 11.5 Å². The zero-order valence-electron chi connectivity index (χ0n) is 19.4. The summed E-state index contributed by atoms with van der Waals surface area (Å²) < 4.78 is 11.5. The highest BCUT2D eigenvalue weighted by Crippen LogP contribution is 2.30. The second-order valence-electron chi connectivity index (χ2n) is 9.25. The molecule has 3 rings (SSSR count). The topological polar surface area (TPSA) is 74.3 Å². The van der Waals surface area contributed by atoms with E-state index in [9.17, 15) is 9.90 Å². The smallest absolute Gasteiger partial charge is 0.240 e. The first kappa shape index (κ1) is 23.8. The summed E-state index contributed by atoms with van der Waals surface area (Å²) in [6.07, 6.45) is 5.75. The Hall–Kier alpha value is -1.83. The number of nitrogens with one attached hydrogen (secondary N) is 1. The molecule has 1 aromatic carbocycles. The molecular weight excluding hydrogens is 394 g/mol. The Labute approximate surface area is 186 Å². The number of hydrogen-bond acceptors (Lipinski definition) is 6. The van der Waals surface area contributed by atoms with Crippen LogP contribution in [0.1, 0.15) is 51.5 Å². The van der Waals surface area contributed by atoms with Crippen LogP contribution < -0.4 is 14.8 Å². The quantitative estimate of drug-likeness (QED) is 0.656. The van der Waals surface area contributed by atoms with Gasteiger partial charge in [-0.25, -0.2) is 0 Å². The average molecular weight is 434 g/mol. The Morgan fingerprint density at radius 1 is 1.10 bits per heavy atom. The molecular formula is C24H39N3O4. The molecule has 2 aliphatic rings. The fraction of sp³-hybridized carbons (Fsp3) is 0.708. The Balaban J connectivity index is 1.59. The molecule has 1 unspecified atom stereocenters. The molecule has 1 atom stereocenters. The third-order valence-electron chi connectivity index (χ3n) is 6.46. The van der Waals surface area contributed by atoms with Crippen molar-refractivity contribution in [2.75, 3.05) is 46.4 Å². The summed E-state index contributed by atoms with van der Waals surface area (Å²) in [5.41, 5.74) is 0.498. The molecule has 2 heterocycles. The normalized spacial score (nSPS) is 21.6. The van der Waals surface area contributed by atoms with E-state index in [1.54, 1.807) is 7.11 Å². The largest absolute Gasteiger partial charge is 0.493 e. The van der Waals surface area contributed by atoms with Gasteiger partial charge in [0.05, 0.1) is 12.6 Å². The average Bonchev–Trinajstić information content (AvgIpc) is 2.72. The zero-order valence-corrected chi connectivity index (χ0v) is 19.4. The molecule has 2 N–H and O–H groups in total. The predicted octanol–water partition coefficient (Wildman–Crippen LogP) is 2.41. The van der Waals surface area contributed by atoms with Crippen LogP contribution in [0, 0.1) is 0 Å². The Kier molecular flexibility index (Phi) is 8.58. The van der Waals surface area contributed by atoms with E-state index in [1.807, 2.05) is 32.0 Å². The lowest BCUT2D eigenvalue weighted by Gasteiger charge is -2.41. The second-order valence-corrected chi connectivity index (χ2v) is 9.25. The maximum absolute atomic E-state index is 12.2. The second kappa shape index (κ2) is 11.2. The third kappa shape index (κ3) is 6.57. The fourth-order valence-electron chi connectivity index (χ4n) is 4.41. The van der Waals surface area contributed by atoms with Crippen molar-refractivity contribution < 1.29 is 19.4 Å². The van der Waals surface area contributed by atoms with E-state index in [0.29, 0.717) is 31.1 Å². The van der Waals surface area contributed by atoms with Gasteiger partial charge in [0.2, 0.25) is 5.91 Å². The summed E-state index contributed by atoms with van der Waals surface area (Å²) in [5.74, 6) is 1.33. The molecule has 0 aliphatic carbocycles. The van der Waals surface area contributed by atoms with Gasteiger partial charge in [0.1, 0.15) is 12.7 Å². The minimum Gasteiger partial charge on any atom is -0.493 e. The fourth-order valence-corrected chi connectivity index (χ4v) is 4.41. The maximum Gasteiger partial charge on any atom is 0.240 e. The van der Waals surface area contributed by atoms with Crippen molar-refractivity contribution in [2.45, 2.75) is 64.1 Å². The number of likely N-dealkylation sites (tertiary alicyclic amines) is 1. The maximum atomic E-state index is 12.2. The standard InChI is InChI=1S/C24H39N3O4/c1-24(2)23(29)25-11-14-27(24)16-19-9-10-21(30-3)22(15-19)31-18-20(28)17-26-12-7-5-4-6-8-13-26/h9-10,15,20,28H,4-8,11-14,16-18H2,1-3H3,(H,25,29). The van der Waals surface area contributed by atoms with E-state index in [-0.39, 0.29) is 12.5 Å². The van der Waals surface area contributed by atoms with Gasteiger partial charge in [-0.3, -0.25) is 9.69 Å². The van der Waals surface area contributed by atoms with E-state index in [4.69, 9.17) is 9.47 Å². The zero-order chi connectivity index (χ0) is 22.3. The number of amides is 1. The molecule has 7 nitrogen and oxygen atoms in total. The van der Waals surface area contributed by atoms with Gasteiger partial charge in [-0.2, -0.15) is 0 Å². The molecule has 1 amide bonds. The molecule has 2 aliphatic heterocycles. The third-order valence-corrected chi connectivity index (χ3v) is 6.46. The van der Waals surface area contributed by atoms with Gasteiger partial charge < -0.3 is 24.8 Å². The highest BCUT2D eigenvalue weighted by atomic mass is 16.5. The predicted molar refractivity (Wildman–Crippen MR) is 122 cm³/mol. The molecule has 1 aromatic rings. The SMILES string of the molecule is COc1ccc(CN2CCNC(=O)C2(C)C)cc1OCC(O)CN1CCCCCCC1. The number of aliphatic hydroxyl groups is 1. The van der Waals surface area contributed by atoms with Gasteiger partial charge >= 0.3 is 0 Å². The van der Waals surface area contributed by atoms with Crippen molar-refractivity contribution >= 4 is 5.91 Å². The minimum atomic E-state index is -0.554. The number of piperazine rings is 1. The lowest BCUT2D eigenvalue weighted by molar-refractivity contribution is -0.135. The van der Waals surface area contributed by atoms with E-state index in [0.717, 1.165) is 25.2 Å². The molecule has 0 saturated carbocycles. The van der Waals surface area contributed by atoms with Crippen LogP contribution in [-0.4, -0.2) is 78.9 Å². The van der Waals surface area contributed by atoms with Gasteiger partial charge in [0.25, 0.3) is 0 Å². The van der Waals surface area contributed by atoms with E-state index >= 15 is 0 Å². The molecule has 2 saturated heterocycles. The number of rotatable bonds is 8. The van der Waals surface area contributed by atoms with Crippen molar-refractivity contribution in [1.82, 2.24) is 15.1 Å². The molecule has 0 bridgehead atoms. The van der Waals surface area contributed by atoms with E-state index in [1.165, 1.54) is 32.1 Å². The number of ether oxygens (including phenoxy) is 2. The monoisotopic (exact) mass is 433 g/mol. The number of hydrogen-bond donors (Lipinski definition) is 2. The molecule has 31 heavy (non-hydrogen) atoms. The van der Waals surface area contributed by atoms with Crippen molar-refractivity contribution in [3.8, 4) is 11.5 Å². The van der Waals surface area contributed by atoms with Gasteiger partial charge in [-0.05, 0) is 57.5 Å². The summed E-state index contributed by atoms with van der Waals surface area (Å²) in [4.78, 5) is 16.8. The van der Waals surface area contributed by atoms with Crippen LogP contribution >= 0.6 is 0 Å². The highest BCUT2D eigenvalue weighted by molar-refractivity contribution is 5.86. The number of carbonyl (C=O) groups excluding carboxylic acids is 1. The number of β-amino-alcohol motifs (C(OH)–C–C–N with tert-alkyl or cyclic N) is 1. The van der Waals surface area contributed by atoms with E-state index < -0.39 is 11.6 Å². The van der Waals surface area contributed by atoms with Crippen LogP contribution in [0.15, 0.2) is 18.2 Å². The summed E-state index contributed by atoms with van der Waals surface area (Å²) in [5, 5.41) is 13.5. The molecule has 0 spiro atoms. The molecule has 174 valence electrons. The lowest BCUT2D eigenvalue weighted by atomic mass is 9.98. The lowest BCUT2D eigenvalue weighted by Crippen LogP contribution is -2.61. The van der Waals surface area contributed by atoms with Crippen molar-refractivity contribution in [1.29, 1.82) is 0 Å². The number of methoxy groups -OCH3 is 1. The summed E-state index contributed by atoms with van der Waals surface area (Å²) in [6, 6.07) is 5.86. The van der Waals surface area contributed by atoms with Crippen molar-refractivity contribution in [2.24, 2.45) is 0 Å². The van der Waals surface area contributed by atoms with Crippen LogP contribution in [0.4, 0.5) is 0 Å². The molecule has 0 radical (unpaired) electrons. The minimum absolute atomic E-state index is 0.0519. The highest BCUT2D eigenvalue weighted by Gasteiger charge is 2.37. The summed E-state index contributed by atoms with van der Waals surface area (Å²) in [6.45, 7) is 8.97. The summed E-state index contributed by atoms with van der Waals surface area (Å²) >= 11 is 0. The summed E-state index contributed by atoms with van der Waals surface area (Å²) in [7, 11) is 1.62. The van der Waals surface area contributed by atoms with Crippen LogP contribution in [-0.2, 0) is 11.3 Å². The first-order valence-corrected chi connectivity index (χ1v) is 11.6. The van der Waals surface area contributed by atoms with Crippen LogP contribution in [0.25, 0.3) is 0 Å². The molecule has 0 aromatic heterocycles. The molecule has 7 heteroatoms. The van der Waals surface area contributed by atoms with Gasteiger partial charge in [0, 0.05) is 26.2 Å². The number of nitrogens with zero attached hydrogens (tertiary/aromatic N) is 2. The number of carbonyl (C=O) groups is 1. The Morgan fingerprint density at radius 2 is 1.81 bits per heavy atom. The van der Waals surface area contributed by atoms with Crippen LogP contribution in [0.5, 0.6) is 11.5 Å². The van der Waals surface area contributed by atoms with Gasteiger partial charge in [-0.15, -0.1) is 0 Å². The van der Waals surface area contributed by atoms with Crippen molar-refractivity contribution in [3.05, 3.63) is 23.8 Å². The number of benzene rings is 1. The van der Waals surface area contributed by atoms with Crippen LogP contribution in [0.2, 0.25) is 0 Å². The number of aliphatic hydroxyl groups excluding tert-OH is 1. The van der Waals surface area contributed by atoms with Crippen molar-refractivity contribution in [3.63, 3.8) is 0 Å².